The van der Waals surface area contributed by atoms with E-state index in [1.54, 1.807) is 25.8 Å². The largest absolute Gasteiger partial charge is 0.356 e. The summed E-state index contributed by atoms with van der Waals surface area (Å²) < 4.78 is 1.97. The number of halogens is 2. The minimum Gasteiger partial charge on any atom is -0.356 e. The third-order valence-electron chi connectivity index (χ3n) is 3.29. The Kier molecular flexibility index (Phi) is 7.16. The lowest BCUT2D eigenvalue weighted by Crippen LogP contribution is -2.37. The maximum Gasteiger partial charge on any atom is 0.191 e. The molecule has 0 spiro atoms. The van der Waals surface area contributed by atoms with E-state index in [9.17, 15) is 0 Å². The van der Waals surface area contributed by atoms with E-state index in [0.717, 1.165) is 37.5 Å². The van der Waals surface area contributed by atoms with Crippen LogP contribution in [-0.4, -0.2) is 34.3 Å². The lowest BCUT2D eigenvalue weighted by molar-refractivity contribution is 0.597. The van der Waals surface area contributed by atoms with Gasteiger partial charge in [-0.2, -0.15) is 0 Å². The number of nitrogens with one attached hydrogen (secondary N) is 2. The number of hydrogen-bond acceptors (Lipinski definition) is 3. The lowest BCUT2D eigenvalue weighted by atomic mass is 10.2. The van der Waals surface area contributed by atoms with Gasteiger partial charge >= 0.3 is 0 Å². The van der Waals surface area contributed by atoms with Crippen LogP contribution in [0.1, 0.15) is 18.4 Å². The summed E-state index contributed by atoms with van der Waals surface area (Å²) in [6.45, 7) is 2.35. The van der Waals surface area contributed by atoms with E-state index in [0.29, 0.717) is 16.6 Å². The zero-order valence-corrected chi connectivity index (χ0v) is 14.5. The molecule has 2 N–H and O–H groups in total. The zero-order chi connectivity index (χ0) is 16.5. The third kappa shape index (κ3) is 6.08. The molecule has 0 saturated carbocycles. The van der Waals surface area contributed by atoms with Gasteiger partial charge in [-0.1, -0.05) is 29.3 Å². The van der Waals surface area contributed by atoms with Gasteiger partial charge in [-0.15, -0.1) is 10.2 Å². The van der Waals surface area contributed by atoms with E-state index in [1.165, 1.54) is 0 Å². The maximum absolute atomic E-state index is 6.15. The predicted octanol–water partition coefficient (Wildman–Crippen LogP) is 2.73. The van der Waals surface area contributed by atoms with Crippen LogP contribution in [0.3, 0.4) is 0 Å². The smallest absolute Gasteiger partial charge is 0.191 e. The van der Waals surface area contributed by atoms with Gasteiger partial charge in [0.1, 0.15) is 12.7 Å². The van der Waals surface area contributed by atoms with Gasteiger partial charge in [0.2, 0.25) is 0 Å². The van der Waals surface area contributed by atoms with Crippen molar-refractivity contribution in [3.05, 3.63) is 46.5 Å². The van der Waals surface area contributed by atoms with Crippen LogP contribution < -0.4 is 10.6 Å². The SMILES string of the molecule is CN=C(NCCCCn1cnnc1)NCc1ccc(Cl)cc1Cl. The minimum atomic E-state index is 0.594. The molecule has 0 aliphatic rings. The predicted molar refractivity (Wildman–Crippen MR) is 93.9 cm³/mol. The Bertz CT molecular complexity index is 627. The molecule has 0 aliphatic carbocycles. The highest BCUT2D eigenvalue weighted by molar-refractivity contribution is 6.35. The Hall–Kier alpha value is -1.79. The first-order chi connectivity index (χ1) is 11.2. The molecule has 0 fully saturated rings. The van der Waals surface area contributed by atoms with Gasteiger partial charge in [0.05, 0.1) is 0 Å². The van der Waals surface area contributed by atoms with Gasteiger partial charge in [0.15, 0.2) is 5.96 Å². The number of aryl methyl sites for hydroxylation is 1. The molecule has 0 saturated heterocycles. The summed E-state index contributed by atoms with van der Waals surface area (Å²) in [6.07, 6.45) is 5.53. The second-order valence-electron chi connectivity index (χ2n) is 5.00. The first-order valence-electron chi connectivity index (χ1n) is 7.40. The average Bonchev–Trinajstić information content (AvgIpc) is 3.05. The maximum atomic E-state index is 6.15. The molecule has 2 aromatic rings. The van der Waals surface area contributed by atoms with Gasteiger partial charge in [-0.3, -0.25) is 4.99 Å². The molecular formula is C15H20Cl2N6. The van der Waals surface area contributed by atoms with Crippen LogP contribution in [0, 0.1) is 0 Å². The molecule has 6 nitrogen and oxygen atoms in total. The quantitative estimate of drug-likeness (QED) is 0.455. The van der Waals surface area contributed by atoms with Crippen molar-refractivity contribution in [3.63, 3.8) is 0 Å². The highest BCUT2D eigenvalue weighted by Crippen LogP contribution is 2.20. The van der Waals surface area contributed by atoms with Gasteiger partial charge in [-0.05, 0) is 30.5 Å². The topological polar surface area (TPSA) is 67.1 Å². The minimum absolute atomic E-state index is 0.594. The van der Waals surface area contributed by atoms with Crippen LogP contribution in [0.25, 0.3) is 0 Å². The molecular weight excluding hydrogens is 335 g/mol. The van der Waals surface area contributed by atoms with Crippen LogP contribution in [0.4, 0.5) is 0 Å². The van der Waals surface area contributed by atoms with Gasteiger partial charge < -0.3 is 15.2 Å². The molecule has 8 heteroatoms. The molecule has 0 atom stereocenters. The van der Waals surface area contributed by atoms with Crippen LogP contribution in [0.2, 0.25) is 10.0 Å². The molecule has 0 radical (unpaired) electrons. The van der Waals surface area contributed by atoms with Gasteiger partial charge in [0, 0.05) is 36.7 Å². The van der Waals surface area contributed by atoms with Crippen molar-refractivity contribution in [2.24, 2.45) is 4.99 Å². The van der Waals surface area contributed by atoms with Crippen LogP contribution in [0.5, 0.6) is 0 Å². The molecule has 0 amide bonds. The fourth-order valence-corrected chi connectivity index (χ4v) is 2.50. The summed E-state index contributed by atoms with van der Waals surface area (Å²) in [5, 5.41) is 15.4. The monoisotopic (exact) mass is 354 g/mol. The zero-order valence-electron chi connectivity index (χ0n) is 13.0. The second-order valence-corrected chi connectivity index (χ2v) is 5.84. The van der Waals surface area contributed by atoms with Crippen molar-refractivity contribution < 1.29 is 0 Å². The van der Waals surface area contributed by atoms with Crippen molar-refractivity contribution in [2.45, 2.75) is 25.9 Å². The van der Waals surface area contributed by atoms with Gasteiger partial charge in [0.25, 0.3) is 0 Å². The van der Waals surface area contributed by atoms with Crippen LogP contribution in [0.15, 0.2) is 35.8 Å². The average molecular weight is 355 g/mol. The number of rotatable bonds is 7. The van der Waals surface area contributed by atoms with Crippen molar-refractivity contribution >= 4 is 29.2 Å². The fraction of sp³-hybridized carbons (Fsp3) is 0.400. The highest BCUT2D eigenvalue weighted by Gasteiger charge is 2.03. The van der Waals surface area contributed by atoms with Crippen LogP contribution >= 0.6 is 23.2 Å². The number of guanidine groups is 1. The first-order valence-corrected chi connectivity index (χ1v) is 8.15. The van der Waals surface area contributed by atoms with Crippen molar-refractivity contribution in [2.75, 3.05) is 13.6 Å². The fourth-order valence-electron chi connectivity index (χ4n) is 2.03. The van der Waals surface area contributed by atoms with E-state index in [-0.39, 0.29) is 0 Å². The molecule has 1 heterocycles. The van der Waals surface area contributed by atoms with E-state index in [1.807, 2.05) is 16.7 Å². The summed E-state index contributed by atoms with van der Waals surface area (Å²) >= 11 is 12.0. The molecule has 23 heavy (non-hydrogen) atoms. The van der Waals surface area contributed by atoms with E-state index in [2.05, 4.69) is 25.8 Å². The number of unbranched alkanes of at least 4 members (excludes halogenated alkanes) is 1. The summed E-state index contributed by atoms with van der Waals surface area (Å²) in [4.78, 5) is 4.20. The summed E-state index contributed by atoms with van der Waals surface area (Å²) in [5.74, 6) is 0.750. The Morgan fingerprint density at radius 3 is 2.65 bits per heavy atom. The third-order valence-corrected chi connectivity index (χ3v) is 3.87. The summed E-state index contributed by atoms with van der Waals surface area (Å²) in [7, 11) is 1.75. The van der Waals surface area contributed by atoms with Crippen LogP contribution in [-0.2, 0) is 13.1 Å². The molecule has 0 bridgehead atoms. The van der Waals surface area contributed by atoms with Crippen molar-refractivity contribution in [3.8, 4) is 0 Å². The molecule has 1 aromatic carbocycles. The molecule has 124 valence electrons. The van der Waals surface area contributed by atoms with Crippen molar-refractivity contribution in [1.29, 1.82) is 0 Å². The number of aliphatic imine (C=N–C) groups is 1. The Morgan fingerprint density at radius 2 is 1.96 bits per heavy atom. The Labute approximate surface area is 145 Å². The lowest BCUT2D eigenvalue weighted by Gasteiger charge is -2.12. The standard InChI is InChI=1S/C15H20Cl2N6/c1-18-15(19-6-2-3-7-23-10-21-22-11-23)20-9-12-4-5-13(16)8-14(12)17/h4-5,8,10-11H,2-3,6-7,9H2,1H3,(H2,18,19,20). The second kappa shape index (κ2) is 9.37. The molecule has 0 aliphatic heterocycles. The van der Waals surface area contributed by atoms with Gasteiger partial charge in [-0.25, -0.2) is 0 Å². The van der Waals surface area contributed by atoms with Crippen molar-refractivity contribution in [1.82, 2.24) is 25.4 Å². The first kappa shape index (κ1) is 17.6. The molecule has 0 unspecified atom stereocenters. The van der Waals surface area contributed by atoms with E-state index < -0.39 is 0 Å². The molecule has 1 aromatic heterocycles. The summed E-state index contributed by atoms with van der Waals surface area (Å²) in [5.41, 5.74) is 0.978. The Morgan fingerprint density at radius 1 is 1.17 bits per heavy atom. The Balaban J connectivity index is 1.67. The normalized spacial score (nSPS) is 11.5. The highest BCUT2D eigenvalue weighted by atomic mass is 35.5. The number of hydrogen-bond donors (Lipinski definition) is 2. The number of nitrogens with zero attached hydrogens (tertiary/aromatic N) is 4. The van der Waals surface area contributed by atoms with E-state index >= 15 is 0 Å². The summed E-state index contributed by atoms with van der Waals surface area (Å²) in [6, 6.07) is 5.47. The van der Waals surface area contributed by atoms with E-state index in [4.69, 9.17) is 23.2 Å². The number of aromatic nitrogens is 3. The number of benzene rings is 1. The molecule has 2 rings (SSSR count).